The quantitative estimate of drug-likeness (QED) is 0.776. The van der Waals surface area contributed by atoms with Gasteiger partial charge in [0.1, 0.15) is 11.6 Å². The molecule has 0 atom stereocenters. The minimum absolute atomic E-state index is 0.674. The van der Waals surface area contributed by atoms with E-state index >= 15 is 0 Å². The van der Waals surface area contributed by atoms with Gasteiger partial charge in [0.05, 0.1) is 25.5 Å². The molecule has 2 heterocycles. The lowest BCUT2D eigenvalue weighted by Crippen LogP contribution is -2.05. The second-order valence-electron chi connectivity index (χ2n) is 3.41. The van der Waals surface area contributed by atoms with E-state index in [1.165, 1.54) is 0 Å². The topological polar surface area (TPSA) is 52.8 Å². The molecule has 2 aromatic heterocycles. The van der Waals surface area contributed by atoms with E-state index in [0.29, 0.717) is 6.54 Å². The molecule has 84 valence electrons. The first-order chi connectivity index (χ1) is 7.83. The van der Waals surface area contributed by atoms with E-state index < -0.39 is 0 Å². The summed E-state index contributed by atoms with van der Waals surface area (Å²) in [5, 5.41) is 7.94. The Morgan fingerprint density at radius 1 is 1.44 bits per heavy atom. The van der Waals surface area contributed by atoms with Crippen LogP contribution >= 0.6 is 0 Å². The maximum Gasteiger partial charge on any atom is 0.140 e. The van der Waals surface area contributed by atoms with Crippen molar-refractivity contribution in [2.75, 3.05) is 7.11 Å². The molecule has 5 heteroatoms. The number of rotatable bonds is 4. The lowest BCUT2D eigenvalue weighted by molar-refractivity contribution is 0.410. The van der Waals surface area contributed by atoms with Crippen LogP contribution in [0.3, 0.4) is 0 Å². The predicted molar refractivity (Wildman–Crippen MR) is 59.3 cm³/mol. The second kappa shape index (κ2) is 4.74. The van der Waals surface area contributed by atoms with Gasteiger partial charge in [0, 0.05) is 24.9 Å². The Morgan fingerprint density at radius 2 is 2.31 bits per heavy atom. The number of aromatic nitrogens is 4. The van der Waals surface area contributed by atoms with E-state index in [1.807, 2.05) is 12.3 Å². The van der Waals surface area contributed by atoms with Gasteiger partial charge in [-0.05, 0) is 0 Å². The van der Waals surface area contributed by atoms with Crippen molar-refractivity contribution in [3.8, 4) is 5.75 Å². The molecule has 0 N–H and O–H groups in total. The van der Waals surface area contributed by atoms with Crippen molar-refractivity contribution >= 4 is 0 Å². The van der Waals surface area contributed by atoms with E-state index in [2.05, 4.69) is 26.7 Å². The predicted octanol–water partition coefficient (Wildman–Crippen LogP) is 1.29. The molecule has 0 amide bonds. The van der Waals surface area contributed by atoms with Gasteiger partial charge < -0.3 is 9.30 Å². The molecule has 0 radical (unpaired) electrons. The maximum atomic E-state index is 5.10. The van der Waals surface area contributed by atoms with E-state index in [4.69, 9.17) is 4.74 Å². The van der Waals surface area contributed by atoms with Gasteiger partial charge in [-0.3, -0.25) is 0 Å². The van der Waals surface area contributed by atoms with Crippen molar-refractivity contribution in [2.45, 2.75) is 19.9 Å². The molecule has 0 saturated carbocycles. The molecule has 0 saturated heterocycles. The van der Waals surface area contributed by atoms with Gasteiger partial charge in [0.25, 0.3) is 0 Å². The molecule has 16 heavy (non-hydrogen) atoms. The molecule has 2 rings (SSSR count). The van der Waals surface area contributed by atoms with Crippen LogP contribution in [0.15, 0.2) is 24.7 Å². The van der Waals surface area contributed by atoms with E-state index in [-0.39, 0.29) is 0 Å². The summed E-state index contributed by atoms with van der Waals surface area (Å²) >= 11 is 0. The van der Waals surface area contributed by atoms with Crippen LogP contribution < -0.4 is 4.74 Å². The van der Waals surface area contributed by atoms with Crippen LogP contribution in [0.1, 0.15) is 18.4 Å². The summed E-state index contributed by atoms with van der Waals surface area (Å²) in [6, 6.07) is 1.88. The fourth-order valence-corrected chi connectivity index (χ4v) is 1.55. The molecule has 0 bridgehead atoms. The van der Waals surface area contributed by atoms with Gasteiger partial charge >= 0.3 is 0 Å². The Labute approximate surface area is 94.1 Å². The van der Waals surface area contributed by atoms with Crippen molar-refractivity contribution in [3.63, 3.8) is 0 Å². The first-order valence-corrected chi connectivity index (χ1v) is 5.19. The fraction of sp³-hybridized carbons (Fsp3) is 0.364. The SMILES string of the molecule is CCc1nccn1Cc1cc(OC)cnn1. The molecule has 5 nitrogen and oxygen atoms in total. The highest BCUT2D eigenvalue weighted by molar-refractivity contribution is 5.19. The van der Waals surface area contributed by atoms with Crippen LogP contribution in [0.2, 0.25) is 0 Å². The largest absolute Gasteiger partial charge is 0.495 e. The molecular formula is C11H14N4O. The molecule has 0 unspecified atom stereocenters. The van der Waals surface area contributed by atoms with Crippen molar-refractivity contribution in [3.05, 3.63) is 36.2 Å². The Balaban J connectivity index is 2.20. The number of hydrogen-bond acceptors (Lipinski definition) is 4. The molecular weight excluding hydrogens is 204 g/mol. The standard InChI is InChI=1S/C11H14N4O/c1-3-11-12-4-5-15(11)8-9-6-10(16-2)7-13-14-9/h4-7H,3,8H2,1-2H3. The van der Waals surface area contributed by atoms with Crippen LogP contribution in [0.25, 0.3) is 0 Å². The molecule has 0 aliphatic carbocycles. The maximum absolute atomic E-state index is 5.10. The zero-order valence-corrected chi connectivity index (χ0v) is 9.42. The van der Waals surface area contributed by atoms with Gasteiger partial charge in [0.15, 0.2) is 0 Å². The number of ether oxygens (including phenoxy) is 1. The van der Waals surface area contributed by atoms with Crippen LogP contribution in [0.4, 0.5) is 0 Å². The van der Waals surface area contributed by atoms with Crippen molar-refractivity contribution < 1.29 is 4.74 Å². The summed E-state index contributed by atoms with van der Waals surface area (Å²) in [7, 11) is 1.62. The van der Waals surface area contributed by atoms with E-state index in [0.717, 1.165) is 23.7 Å². The second-order valence-corrected chi connectivity index (χ2v) is 3.41. The molecule has 0 aromatic carbocycles. The number of methoxy groups -OCH3 is 1. The zero-order valence-electron chi connectivity index (χ0n) is 9.42. The van der Waals surface area contributed by atoms with E-state index in [1.54, 1.807) is 19.5 Å². The minimum atomic E-state index is 0.674. The molecule has 0 aliphatic heterocycles. The Hall–Kier alpha value is -1.91. The fourth-order valence-electron chi connectivity index (χ4n) is 1.55. The number of aryl methyl sites for hydroxylation is 1. The third-order valence-corrected chi connectivity index (χ3v) is 2.37. The monoisotopic (exact) mass is 218 g/mol. The molecule has 0 aliphatic rings. The highest BCUT2D eigenvalue weighted by Crippen LogP contribution is 2.10. The zero-order chi connectivity index (χ0) is 11.4. The number of hydrogen-bond donors (Lipinski definition) is 0. The number of imidazole rings is 1. The highest BCUT2D eigenvalue weighted by atomic mass is 16.5. The van der Waals surface area contributed by atoms with Crippen molar-refractivity contribution in [1.82, 2.24) is 19.7 Å². The molecule has 0 spiro atoms. The van der Waals surface area contributed by atoms with Crippen LogP contribution in [-0.4, -0.2) is 26.9 Å². The van der Waals surface area contributed by atoms with Crippen LogP contribution in [0.5, 0.6) is 5.75 Å². The highest BCUT2D eigenvalue weighted by Gasteiger charge is 2.03. The molecule has 0 fully saturated rings. The Kier molecular flexibility index (Phi) is 3.14. The Morgan fingerprint density at radius 3 is 3.06 bits per heavy atom. The number of nitrogens with zero attached hydrogens (tertiary/aromatic N) is 4. The van der Waals surface area contributed by atoms with Crippen LogP contribution in [-0.2, 0) is 13.0 Å². The summed E-state index contributed by atoms with van der Waals surface area (Å²) in [5.41, 5.74) is 0.868. The summed E-state index contributed by atoms with van der Waals surface area (Å²) in [4.78, 5) is 4.26. The summed E-state index contributed by atoms with van der Waals surface area (Å²) in [6.07, 6.45) is 6.25. The van der Waals surface area contributed by atoms with Gasteiger partial charge in [0.2, 0.25) is 0 Å². The molecule has 2 aromatic rings. The third-order valence-electron chi connectivity index (χ3n) is 2.37. The van der Waals surface area contributed by atoms with Crippen LogP contribution in [0, 0.1) is 0 Å². The average molecular weight is 218 g/mol. The summed E-state index contributed by atoms with van der Waals surface area (Å²) in [5.74, 6) is 1.77. The van der Waals surface area contributed by atoms with Crippen molar-refractivity contribution in [1.29, 1.82) is 0 Å². The average Bonchev–Trinajstić information content (AvgIpc) is 2.76. The van der Waals surface area contributed by atoms with Crippen molar-refractivity contribution in [2.24, 2.45) is 0 Å². The van der Waals surface area contributed by atoms with Gasteiger partial charge in [-0.15, -0.1) is 0 Å². The summed E-state index contributed by atoms with van der Waals surface area (Å²) < 4.78 is 7.16. The van der Waals surface area contributed by atoms with E-state index in [9.17, 15) is 0 Å². The summed E-state index contributed by atoms with van der Waals surface area (Å²) in [6.45, 7) is 2.75. The smallest absolute Gasteiger partial charge is 0.140 e. The lowest BCUT2D eigenvalue weighted by Gasteiger charge is -2.06. The first kappa shape index (κ1) is 10.6. The van der Waals surface area contributed by atoms with Gasteiger partial charge in [-0.1, -0.05) is 6.92 Å². The normalized spacial score (nSPS) is 10.4. The van der Waals surface area contributed by atoms with Gasteiger partial charge in [-0.2, -0.15) is 10.2 Å². The lowest BCUT2D eigenvalue weighted by atomic mass is 10.3. The first-order valence-electron chi connectivity index (χ1n) is 5.19. The van der Waals surface area contributed by atoms with Gasteiger partial charge in [-0.25, -0.2) is 4.98 Å². The Bertz CT molecular complexity index is 467. The minimum Gasteiger partial charge on any atom is -0.495 e. The third kappa shape index (κ3) is 2.18.